The van der Waals surface area contributed by atoms with Crippen LogP contribution in [0, 0.1) is 5.92 Å². The van der Waals surface area contributed by atoms with Crippen molar-refractivity contribution in [3.63, 3.8) is 0 Å². The molecule has 0 aliphatic heterocycles. The first-order chi connectivity index (χ1) is 17.4. The van der Waals surface area contributed by atoms with Crippen LogP contribution in [-0.4, -0.2) is 28.2 Å². The van der Waals surface area contributed by atoms with Crippen molar-refractivity contribution >= 4 is 22.6 Å². The maximum atomic E-state index is 13.2. The number of rotatable bonds is 12. The smallest absolute Gasteiger partial charge is 0.163 e. The van der Waals surface area contributed by atoms with Crippen molar-refractivity contribution < 1.29 is 14.3 Å². The number of aromatic nitrogens is 2. The number of fused-ring (bicyclic) bond motifs is 1. The predicted octanol–water partition coefficient (Wildman–Crippen LogP) is 7.17. The van der Waals surface area contributed by atoms with Crippen molar-refractivity contribution in [1.82, 2.24) is 9.55 Å². The Balaban J connectivity index is 1.94. The molecule has 188 valence electrons. The Morgan fingerprint density at radius 2 is 1.83 bits per heavy atom. The molecule has 3 rings (SSSR count). The SMILES string of the molecule is C\C=C/C=C\C(=C/C)Cn1c(CC(CC)CC(=O)c2ccccc2C(C)=O)nc2cc(OC)ccc21. The second-order valence-electron chi connectivity index (χ2n) is 8.92. The lowest BCUT2D eigenvalue weighted by Crippen LogP contribution is -2.16. The van der Waals surface area contributed by atoms with Gasteiger partial charge in [0.1, 0.15) is 11.6 Å². The zero-order valence-electron chi connectivity index (χ0n) is 22.0. The molecule has 0 amide bonds. The van der Waals surface area contributed by atoms with E-state index >= 15 is 0 Å². The van der Waals surface area contributed by atoms with Gasteiger partial charge in [0, 0.05) is 36.6 Å². The van der Waals surface area contributed by atoms with Crippen LogP contribution in [0.2, 0.25) is 0 Å². The number of benzene rings is 2. The van der Waals surface area contributed by atoms with Crippen LogP contribution in [-0.2, 0) is 13.0 Å². The summed E-state index contributed by atoms with van der Waals surface area (Å²) < 4.78 is 7.66. The Kier molecular flexibility index (Phi) is 9.57. The van der Waals surface area contributed by atoms with E-state index in [0.29, 0.717) is 30.5 Å². The molecule has 0 radical (unpaired) electrons. The molecule has 0 fully saturated rings. The molecule has 0 bridgehead atoms. The van der Waals surface area contributed by atoms with E-state index in [4.69, 9.17) is 9.72 Å². The minimum absolute atomic E-state index is 0.000379. The van der Waals surface area contributed by atoms with Gasteiger partial charge in [-0.25, -0.2) is 4.98 Å². The molecule has 1 unspecified atom stereocenters. The van der Waals surface area contributed by atoms with Crippen LogP contribution in [0.4, 0.5) is 0 Å². The fourth-order valence-corrected chi connectivity index (χ4v) is 4.36. The highest BCUT2D eigenvalue weighted by atomic mass is 16.5. The van der Waals surface area contributed by atoms with Gasteiger partial charge in [-0.15, -0.1) is 0 Å². The summed E-state index contributed by atoms with van der Waals surface area (Å²) in [4.78, 5) is 30.2. The molecular formula is C31H36N2O3. The lowest BCUT2D eigenvalue weighted by atomic mass is 9.90. The average Bonchev–Trinajstić information content (AvgIpc) is 3.23. The Labute approximate surface area is 214 Å². The van der Waals surface area contributed by atoms with Gasteiger partial charge in [-0.3, -0.25) is 9.59 Å². The van der Waals surface area contributed by atoms with Crippen molar-refractivity contribution in [2.24, 2.45) is 5.92 Å². The fraction of sp³-hybridized carbons (Fsp3) is 0.323. The summed E-state index contributed by atoms with van der Waals surface area (Å²) in [5, 5.41) is 0. The van der Waals surface area contributed by atoms with Crippen LogP contribution in [0.3, 0.4) is 0 Å². The van der Waals surface area contributed by atoms with E-state index in [2.05, 4.69) is 23.6 Å². The first kappa shape index (κ1) is 26.9. The third kappa shape index (κ3) is 6.48. The lowest BCUT2D eigenvalue weighted by Gasteiger charge is -2.17. The Hall–Kier alpha value is -3.73. The van der Waals surface area contributed by atoms with E-state index in [1.54, 1.807) is 25.3 Å². The number of hydrogen-bond donors (Lipinski definition) is 0. The van der Waals surface area contributed by atoms with Crippen molar-refractivity contribution in [2.45, 2.75) is 53.5 Å². The van der Waals surface area contributed by atoms with Crippen LogP contribution in [0.25, 0.3) is 11.0 Å². The van der Waals surface area contributed by atoms with Gasteiger partial charge in [0.15, 0.2) is 11.6 Å². The summed E-state index contributed by atoms with van der Waals surface area (Å²) in [7, 11) is 1.65. The average molecular weight is 485 g/mol. The molecule has 0 aliphatic rings. The molecule has 5 nitrogen and oxygen atoms in total. The molecule has 0 saturated carbocycles. The largest absolute Gasteiger partial charge is 0.497 e. The zero-order chi connectivity index (χ0) is 26.1. The summed E-state index contributed by atoms with van der Waals surface area (Å²) >= 11 is 0. The molecule has 36 heavy (non-hydrogen) atoms. The Bertz CT molecular complexity index is 1310. The van der Waals surface area contributed by atoms with Crippen molar-refractivity contribution in [3.05, 3.63) is 95.4 Å². The molecule has 0 spiro atoms. The number of methoxy groups -OCH3 is 1. The number of hydrogen-bond acceptors (Lipinski definition) is 4. The molecule has 2 aromatic carbocycles. The highest BCUT2D eigenvalue weighted by Gasteiger charge is 2.21. The normalized spacial score (nSPS) is 13.1. The summed E-state index contributed by atoms with van der Waals surface area (Å²) in [5.41, 5.74) is 4.08. The van der Waals surface area contributed by atoms with E-state index in [-0.39, 0.29) is 17.5 Å². The van der Waals surface area contributed by atoms with Crippen molar-refractivity contribution in [1.29, 1.82) is 0 Å². The number of Topliss-reactive ketones (excluding diaryl/α,β-unsaturated/α-hetero) is 2. The maximum absolute atomic E-state index is 13.2. The number of allylic oxidation sites excluding steroid dienone is 6. The highest BCUT2D eigenvalue weighted by molar-refractivity contribution is 6.08. The van der Waals surface area contributed by atoms with Gasteiger partial charge in [0.05, 0.1) is 18.1 Å². The third-order valence-corrected chi connectivity index (χ3v) is 6.49. The minimum Gasteiger partial charge on any atom is -0.497 e. The monoisotopic (exact) mass is 484 g/mol. The van der Waals surface area contributed by atoms with Crippen LogP contribution in [0.1, 0.15) is 67.1 Å². The standard InChI is InChI=1S/C31H36N2O3/c1-6-9-10-13-23(7-2)21-33-29-17-16-25(36-5)20-28(29)32-31(33)19-24(8-3)18-30(35)27-15-12-11-14-26(27)22(4)34/h6-7,9-17,20,24H,8,18-19,21H2,1-5H3/b9-6-,13-10-,23-7+. The lowest BCUT2D eigenvalue weighted by molar-refractivity contribution is 0.0943. The van der Waals surface area contributed by atoms with Gasteiger partial charge in [0.25, 0.3) is 0 Å². The predicted molar refractivity (Wildman–Crippen MR) is 147 cm³/mol. The van der Waals surface area contributed by atoms with Crippen LogP contribution < -0.4 is 4.74 Å². The maximum Gasteiger partial charge on any atom is 0.163 e. The molecular weight excluding hydrogens is 448 g/mol. The molecule has 0 N–H and O–H groups in total. The van der Waals surface area contributed by atoms with Gasteiger partial charge in [0.2, 0.25) is 0 Å². The van der Waals surface area contributed by atoms with Crippen LogP contribution in [0.5, 0.6) is 5.75 Å². The van der Waals surface area contributed by atoms with E-state index in [9.17, 15) is 9.59 Å². The molecule has 1 aromatic heterocycles. The Morgan fingerprint density at radius 3 is 2.47 bits per heavy atom. The van der Waals surface area contributed by atoms with Gasteiger partial charge in [-0.05, 0) is 44.4 Å². The number of ether oxygens (including phenoxy) is 1. The number of carbonyl (C=O) groups is 2. The first-order valence-electron chi connectivity index (χ1n) is 12.5. The van der Waals surface area contributed by atoms with Gasteiger partial charge in [-0.1, -0.05) is 68.0 Å². The molecule has 0 aliphatic carbocycles. The molecule has 1 atom stereocenters. The number of ketones is 2. The zero-order valence-corrected chi connectivity index (χ0v) is 22.0. The first-order valence-corrected chi connectivity index (χ1v) is 12.5. The molecule has 0 saturated heterocycles. The van der Waals surface area contributed by atoms with Gasteiger partial charge in [-0.2, -0.15) is 0 Å². The van der Waals surface area contributed by atoms with Crippen molar-refractivity contribution in [3.8, 4) is 5.75 Å². The topological polar surface area (TPSA) is 61.2 Å². The summed E-state index contributed by atoms with van der Waals surface area (Å²) in [5.74, 6) is 1.72. The van der Waals surface area contributed by atoms with E-state index in [0.717, 1.165) is 29.0 Å². The summed E-state index contributed by atoms with van der Waals surface area (Å²) in [6, 6.07) is 13.0. The quantitative estimate of drug-likeness (QED) is 0.202. The number of imidazole rings is 1. The Morgan fingerprint density at radius 1 is 1.08 bits per heavy atom. The second-order valence-corrected chi connectivity index (χ2v) is 8.92. The second kappa shape index (κ2) is 12.8. The molecule has 3 aromatic rings. The fourth-order valence-electron chi connectivity index (χ4n) is 4.36. The number of carbonyl (C=O) groups excluding carboxylic acids is 2. The number of nitrogens with zero attached hydrogens (tertiary/aromatic N) is 2. The van der Waals surface area contributed by atoms with Gasteiger partial charge >= 0.3 is 0 Å². The van der Waals surface area contributed by atoms with Crippen LogP contribution in [0.15, 0.2) is 78.4 Å². The van der Waals surface area contributed by atoms with E-state index in [1.807, 2.05) is 56.3 Å². The highest BCUT2D eigenvalue weighted by Crippen LogP contribution is 2.27. The molecule has 1 heterocycles. The molecule has 5 heteroatoms. The minimum atomic E-state index is -0.0902. The third-order valence-electron chi connectivity index (χ3n) is 6.49. The van der Waals surface area contributed by atoms with E-state index in [1.165, 1.54) is 12.5 Å². The van der Waals surface area contributed by atoms with Crippen molar-refractivity contribution in [2.75, 3.05) is 7.11 Å². The van der Waals surface area contributed by atoms with Crippen LogP contribution >= 0.6 is 0 Å². The summed E-state index contributed by atoms with van der Waals surface area (Å²) in [6.07, 6.45) is 12.1. The van der Waals surface area contributed by atoms with E-state index < -0.39 is 0 Å². The van der Waals surface area contributed by atoms with Gasteiger partial charge < -0.3 is 9.30 Å². The summed E-state index contributed by atoms with van der Waals surface area (Å²) in [6.45, 7) is 8.32.